The monoisotopic (exact) mass is 225 g/mol. The van der Waals surface area contributed by atoms with Gasteiger partial charge in [-0.2, -0.15) is 0 Å². The SMILES string of the molecule is CCCCCCC(C)NC1CCCCC1C. The Labute approximate surface area is 102 Å². The Morgan fingerprint density at radius 3 is 2.56 bits per heavy atom. The summed E-state index contributed by atoms with van der Waals surface area (Å²) in [5, 5.41) is 3.85. The van der Waals surface area contributed by atoms with E-state index in [1.165, 1.54) is 57.8 Å². The molecule has 0 heterocycles. The molecule has 1 fully saturated rings. The molecule has 0 aromatic rings. The molecule has 1 heteroatoms. The van der Waals surface area contributed by atoms with E-state index in [4.69, 9.17) is 0 Å². The van der Waals surface area contributed by atoms with Gasteiger partial charge in [-0.25, -0.2) is 0 Å². The molecule has 3 unspecified atom stereocenters. The maximum Gasteiger partial charge on any atom is 0.00951 e. The van der Waals surface area contributed by atoms with Crippen molar-refractivity contribution in [3.8, 4) is 0 Å². The Morgan fingerprint density at radius 1 is 1.12 bits per heavy atom. The molecule has 96 valence electrons. The van der Waals surface area contributed by atoms with Gasteiger partial charge in [-0.3, -0.25) is 0 Å². The molecule has 0 radical (unpaired) electrons. The minimum atomic E-state index is 0.724. The Balaban J connectivity index is 2.09. The third-order valence-electron chi connectivity index (χ3n) is 4.10. The lowest BCUT2D eigenvalue weighted by Crippen LogP contribution is -2.42. The molecular weight excluding hydrogens is 194 g/mol. The van der Waals surface area contributed by atoms with Crippen LogP contribution in [0.15, 0.2) is 0 Å². The molecule has 1 rings (SSSR count). The van der Waals surface area contributed by atoms with E-state index in [0.29, 0.717) is 0 Å². The quantitative estimate of drug-likeness (QED) is 0.628. The molecule has 16 heavy (non-hydrogen) atoms. The second-order valence-electron chi connectivity index (χ2n) is 5.79. The second-order valence-corrected chi connectivity index (χ2v) is 5.79. The van der Waals surface area contributed by atoms with Crippen molar-refractivity contribution in [3.05, 3.63) is 0 Å². The molecule has 1 nitrogen and oxygen atoms in total. The van der Waals surface area contributed by atoms with Crippen LogP contribution in [0.3, 0.4) is 0 Å². The normalized spacial score (nSPS) is 27.9. The highest BCUT2D eigenvalue weighted by atomic mass is 14.9. The molecular formula is C15H31N. The standard InChI is InChI=1S/C15H31N/c1-4-5-6-7-11-14(3)16-15-12-9-8-10-13(15)2/h13-16H,4-12H2,1-3H3. The fraction of sp³-hybridized carbons (Fsp3) is 1.00. The molecule has 0 aliphatic heterocycles. The lowest BCUT2D eigenvalue weighted by atomic mass is 9.85. The van der Waals surface area contributed by atoms with Gasteiger partial charge in [-0.05, 0) is 32.1 Å². The van der Waals surface area contributed by atoms with Crippen LogP contribution in [0.1, 0.15) is 78.6 Å². The molecule has 0 aromatic carbocycles. The molecule has 0 saturated heterocycles. The van der Waals surface area contributed by atoms with E-state index in [-0.39, 0.29) is 0 Å². The lowest BCUT2D eigenvalue weighted by molar-refractivity contribution is 0.257. The average Bonchev–Trinajstić information content (AvgIpc) is 2.28. The Kier molecular flexibility index (Phi) is 7.11. The lowest BCUT2D eigenvalue weighted by Gasteiger charge is -2.32. The van der Waals surface area contributed by atoms with Gasteiger partial charge in [0.1, 0.15) is 0 Å². The number of unbranched alkanes of at least 4 members (excludes halogenated alkanes) is 3. The first-order chi connectivity index (χ1) is 7.74. The second kappa shape index (κ2) is 8.11. The van der Waals surface area contributed by atoms with Crippen LogP contribution in [0.4, 0.5) is 0 Å². The molecule has 0 amide bonds. The highest BCUT2D eigenvalue weighted by Crippen LogP contribution is 2.24. The molecule has 0 aromatic heterocycles. The van der Waals surface area contributed by atoms with Crippen LogP contribution in [0.5, 0.6) is 0 Å². The summed E-state index contributed by atoms with van der Waals surface area (Å²) in [6.07, 6.45) is 12.7. The van der Waals surface area contributed by atoms with Gasteiger partial charge in [0, 0.05) is 12.1 Å². The van der Waals surface area contributed by atoms with Crippen LogP contribution in [0.25, 0.3) is 0 Å². The van der Waals surface area contributed by atoms with E-state index < -0.39 is 0 Å². The average molecular weight is 225 g/mol. The van der Waals surface area contributed by atoms with Gasteiger partial charge >= 0.3 is 0 Å². The molecule has 0 bridgehead atoms. The van der Waals surface area contributed by atoms with Gasteiger partial charge in [-0.1, -0.05) is 52.4 Å². The van der Waals surface area contributed by atoms with E-state index in [2.05, 4.69) is 26.1 Å². The summed E-state index contributed by atoms with van der Waals surface area (Å²) in [7, 11) is 0. The third kappa shape index (κ3) is 5.34. The molecule has 1 aliphatic carbocycles. The van der Waals surface area contributed by atoms with Gasteiger partial charge in [0.15, 0.2) is 0 Å². The summed E-state index contributed by atoms with van der Waals surface area (Å²) in [4.78, 5) is 0. The van der Waals surface area contributed by atoms with Crippen molar-refractivity contribution in [2.45, 2.75) is 90.6 Å². The molecule has 1 saturated carbocycles. The first-order valence-electron chi connectivity index (χ1n) is 7.50. The highest BCUT2D eigenvalue weighted by molar-refractivity contribution is 4.80. The largest absolute Gasteiger partial charge is 0.311 e. The van der Waals surface area contributed by atoms with E-state index >= 15 is 0 Å². The van der Waals surface area contributed by atoms with Crippen molar-refractivity contribution >= 4 is 0 Å². The van der Waals surface area contributed by atoms with Crippen LogP contribution in [0.2, 0.25) is 0 Å². The van der Waals surface area contributed by atoms with Crippen molar-refractivity contribution in [1.29, 1.82) is 0 Å². The van der Waals surface area contributed by atoms with Crippen molar-refractivity contribution in [2.75, 3.05) is 0 Å². The van der Waals surface area contributed by atoms with E-state index in [9.17, 15) is 0 Å². The van der Waals surface area contributed by atoms with E-state index in [0.717, 1.165) is 18.0 Å². The smallest absolute Gasteiger partial charge is 0.00951 e. The first-order valence-corrected chi connectivity index (χ1v) is 7.50. The predicted molar refractivity (Wildman–Crippen MR) is 72.8 cm³/mol. The fourth-order valence-corrected chi connectivity index (χ4v) is 2.89. The zero-order valence-corrected chi connectivity index (χ0v) is 11.6. The minimum absolute atomic E-state index is 0.724. The topological polar surface area (TPSA) is 12.0 Å². The predicted octanol–water partition coefficient (Wildman–Crippen LogP) is 4.51. The van der Waals surface area contributed by atoms with Gasteiger partial charge in [-0.15, -0.1) is 0 Å². The van der Waals surface area contributed by atoms with Crippen LogP contribution >= 0.6 is 0 Å². The van der Waals surface area contributed by atoms with E-state index in [1.54, 1.807) is 0 Å². The minimum Gasteiger partial charge on any atom is -0.311 e. The fourth-order valence-electron chi connectivity index (χ4n) is 2.89. The molecule has 0 spiro atoms. The van der Waals surface area contributed by atoms with Gasteiger partial charge < -0.3 is 5.32 Å². The summed E-state index contributed by atoms with van der Waals surface area (Å²) >= 11 is 0. The summed E-state index contributed by atoms with van der Waals surface area (Å²) < 4.78 is 0. The van der Waals surface area contributed by atoms with Gasteiger partial charge in [0.05, 0.1) is 0 Å². The zero-order valence-electron chi connectivity index (χ0n) is 11.6. The molecule has 3 atom stereocenters. The number of nitrogens with one attached hydrogen (secondary N) is 1. The van der Waals surface area contributed by atoms with Crippen molar-refractivity contribution in [3.63, 3.8) is 0 Å². The number of hydrogen-bond acceptors (Lipinski definition) is 1. The maximum atomic E-state index is 3.85. The zero-order chi connectivity index (χ0) is 11.8. The van der Waals surface area contributed by atoms with Crippen molar-refractivity contribution in [1.82, 2.24) is 5.32 Å². The third-order valence-corrected chi connectivity index (χ3v) is 4.10. The Hall–Kier alpha value is -0.0400. The molecule has 1 aliphatic rings. The van der Waals surface area contributed by atoms with Crippen LogP contribution in [-0.4, -0.2) is 12.1 Å². The van der Waals surface area contributed by atoms with Crippen LogP contribution in [-0.2, 0) is 0 Å². The molecule has 1 N–H and O–H groups in total. The number of hydrogen-bond donors (Lipinski definition) is 1. The highest BCUT2D eigenvalue weighted by Gasteiger charge is 2.21. The van der Waals surface area contributed by atoms with Gasteiger partial charge in [0.2, 0.25) is 0 Å². The summed E-state index contributed by atoms with van der Waals surface area (Å²) in [5.41, 5.74) is 0. The van der Waals surface area contributed by atoms with Crippen LogP contribution in [0, 0.1) is 5.92 Å². The van der Waals surface area contributed by atoms with Gasteiger partial charge in [0.25, 0.3) is 0 Å². The Morgan fingerprint density at radius 2 is 1.88 bits per heavy atom. The van der Waals surface area contributed by atoms with Crippen molar-refractivity contribution in [2.24, 2.45) is 5.92 Å². The van der Waals surface area contributed by atoms with Crippen molar-refractivity contribution < 1.29 is 0 Å². The summed E-state index contributed by atoms with van der Waals surface area (Å²) in [6, 6.07) is 1.53. The maximum absolute atomic E-state index is 3.85. The first kappa shape index (κ1) is 14.0. The Bertz CT molecular complexity index is 167. The van der Waals surface area contributed by atoms with Crippen LogP contribution < -0.4 is 5.32 Å². The van der Waals surface area contributed by atoms with E-state index in [1.807, 2.05) is 0 Å². The number of rotatable bonds is 7. The summed E-state index contributed by atoms with van der Waals surface area (Å²) in [6.45, 7) is 7.07. The summed E-state index contributed by atoms with van der Waals surface area (Å²) in [5.74, 6) is 0.895.